The van der Waals surface area contributed by atoms with Crippen molar-refractivity contribution in [3.05, 3.63) is 29.3 Å². The lowest BCUT2D eigenvalue weighted by molar-refractivity contribution is 0.0515. The highest BCUT2D eigenvalue weighted by Gasteiger charge is 2.23. The fourth-order valence-electron chi connectivity index (χ4n) is 2.51. The van der Waals surface area contributed by atoms with E-state index in [0.717, 1.165) is 23.3 Å². The Morgan fingerprint density at radius 3 is 2.92 bits per heavy atom. The molecule has 0 radical (unpaired) electrons. The van der Waals surface area contributed by atoms with Crippen molar-refractivity contribution >= 4 is 11.9 Å². The highest BCUT2D eigenvalue weighted by atomic mass is 16.6. The minimum Gasteiger partial charge on any atom is -0.493 e. The summed E-state index contributed by atoms with van der Waals surface area (Å²) < 4.78 is 10.8. The SMILES string of the molecule is CC(C)(C)OC(=O)N[C@@H](Cc1ccc2c(c1)CCO2)/C(N)=N/OCCO. The lowest BCUT2D eigenvalue weighted by atomic mass is 10.0. The van der Waals surface area contributed by atoms with Gasteiger partial charge in [0, 0.05) is 12.8 Å². The van der Waals surface area contributed by atoms with Crippen molar-refractivity contribution in [3.8, 4) is 5.75 Å². The number of hydrogen-bond acceptors (Lipinski definition) is 6. The van der Waals surface area contributed by atoms with E-state index in [1.807, 2.05) is 18.2 Å². The minimum absolute atomic E-state index is 0.0239. The second-order valence-electron chi connectivity index (χ2n) is 7.02. The number of aliphatic hydroxyl groups is 1. The van der Waals surface area contributed by atoms with Crippen LogP contribution in [0.15, 0.2) is 23.4 Å². The predicted molar refractivity (Wildman–Crippen MR) is 97.2 cm³/mol. The number of ether oxygens (including phenoxy) is 2. The maximum atomic E-state index is 12.1. The zero-order valence-electron chi connectivity index (χ0n) is 15.4. The van der Waals surface area contributed by atoms with Crippen LogP contribution >= 0.6 is 0 Å². The van der Waals surface area contributed by atoms with Gasteiger partial charge in [0.1, 0.15) is 18.0 Å². The molecule has 0 spiro atoms. The third kappa shape index (κ3) is 6.11. The third-order valence-electron chi connectivity index (χ3n) is 3.59. The van der Waals surface area contributed by atoms with E-state index in [0.29, 0.717) is 13.0 Å². The third-order valence-corrected chi connectivity index (χ3v) is 3.59. The molecule has 1 aliphatic rings. The first-order valence-electron chi connectivity index (χ1n) is 8.59. The zero-order valence-corrected chi connectivity index (χ0v) is 15.4. The number of rotatable bonds is 7. The summed E-state index contributed by atoms with van der Waals surface area (Å²) in [6, 6.07) is 5.27. The summed E-state index contributed by atoms with van der Waals surface area (Å²) in [6.07, 6.45) is 0.688. The van der Waals surface area contributed by atoms with E-state index in [1.54, 1.807) is 20.8 Å². The first-order chi connectivity index (χ1) is 12.3. The second-order valence-corrected chi connectivity index (χ2v) is 7.02. The maximum Gasteiger partial charge on any atom is 0.408 e. The molecule has 0 unspecified atom stereocenters. The normalized spacial score (nSPS) is 15.0. The van der Waals surface area contributed by atoms with Gasteiger partial charge >= 0.3 is 6.09 Å². The Morgan fingerprint density at radius 1 is 1.46 bits per heavy atom. The van der Waals surface area contributed by atoms with Crippen LogP contribution in [0.5, 0.6) is 5.75 Å². The van der Waals surface area contributed by atoms with Crippen molar-refractivity contribution in [2.75, 3.05) is 19.8 Å². The first kappa shape index (κ1) is 19.8. The van der Waals surface area contributed by atoms with Crippen molar-refractivity contribution < 1.29 is 24.2 Å². The first-order valence-corrected chi connectivity index (χ1v) is 8.59. The highest BCUT2D eigenvalue weighted by Crippen LogP contribution is 2.26. The Morgan fingerprint density at radius 2 is 2.23 bits per heavy atom. The van der Waals surface area contributed by atoms with E-state index >= 15 is 0 Å². The van der Waals surface area contributed by atoms with Crippen LogP contribution in [-0.2, 0) is 22.4 Å². The van der Waals surface area contributed by atoms with E-state index in [1.165, 1.54) is 0 Å². The van der Waals surface area contributed by atoms with Crippen LogP contribution in [0.2, 0.25) is 0 Å². The van der Waals surface area contributed by atoms with Gasteiger partial charge in [-0.3, -0.25) is 0 Å². The molecule has 8 heteroatoms. The monoisotopic (exact) mass is 365 g/mol. The van der Waals surface area contributed by atoms with Gasteiger partial charge < -0.3 is 30.5 Å². The van der Waals surface area contributed by atoms with Crippen molar-refractivity contribution in [2.24, 2.45) is 10.9 Å². The van der Waals surface area contributed by atoms with Gasteiger partial charge in [-0.25, -0.2) is 4.79 Å². The molecule has 0 aliphatic carbocycles. The minimum atomic E-state index is -0.626. The van der Waals surface area contributed by atoms with Crippen LogP contribution in [0.4, 0.5) is 4.79 Å². The molecule has 2 rings (SSSR count). The van der Waals surface area contributed by atoms with Crippen LogP contribution in [0, 0.1) is 0 Å². The number of nitrogens with zero attached hydrogens (tertiary/aromatic N) is 1. The number of benzene rings is 1. The summed E-state index contributed by atoms with van der Waals surface area (Å²) in [5.74, 6) is 0.986. The van der Waals surface area contributed by atoms with Gasteiger partial charge in [-0.05, 0) is 38.0 Å². The summed E-state index contributed by atoms with van der Waals surface area (Å²) in [6.45, 7) is 5.87. The van der Waals surface area contributed by atoms with Crippen molar-refractivity contribution in [3.63, 3.8) is 0 Å². The van der Waals surface area contributed by atoms with Crippen LogP contribution in [0.25, 0.3) is 0 Å². The molecule has 0 bridgehead atoms. The van der Waals surface area contributed by atoms with E-state index in [-0.39, 0.29) is 19.0 Å². The number of hydrogen-bond donors (Lipinski definition) is 3. The fraction of sp³-hybridized carbons (Fsp3) is 0.556. The summed E-state index contributed by atoms with van der Waals surface area (Å²) in [7, 11) is 0. The summed E-state index contributed by atoms with van der Waals surface area (Å²) in [5, 5.41) is 15.3. The van der Waals surface area contributed by atoms with E-state index < -0.39 is 17.7 Å². The molecule has 1 amide bonds. The van der Waals surface area contributed by atoms with Gasteiger partial charge in [0.2, 0.25) is 0 Å². The smallest absolute Gasteiger partial charge is 0.408 e. The van der Waals surface area contributed by atoms with Gasteiger partial charge in [-0.2, -0.15) is 0 Å². The van der Waals surface area contributed by atoms with Crippen LogP contribution < -0.4 is 15.8 Å². The Bertz CT molecular complexity index is 655. The number of aliphatic hydroxyl groups excluding tert-OH is 1. The standard InChI is InChI=1S/C18H27N3O5/c1-18(2,3)26-17(23)20-14(16(19)21-25-9-7-22)11-12-4-5-15-13(10-12)6-8-24-15/h4-5,10,14,22H,6-9,11H2,1-3H3,(H2,19,21)(H,20,23)/t14-/m0/s1. The van der Waals surface area contributed by atoms with Gasteiger partial charge in [-0.1, -0.05) is 17.3 Å². The average molecular weight is 365 g/mol. The molecule has 1 aliphatic heterocycles. The van der Waals surface area contributed by atoms with Crippen molar-refractivity contribution in [1.82, 2.24) is 5.32 Å². The Kier molecular flexibility index (Phi) is 6.68. The quantitative estimate of drug-likeness (QED) is 0.291. The maximum absolute atomic E-state index is 12.1. The molecule has 0 aromatic heterocycles. The topological polar surface area (TPSA) is 115 Å². The Labute approximate surface area is 153 Å². The second kappa shape index (κ2) is 8.75. The predicted octanol–water partition coefficient (Wildman–Crippen LogP) is 1.34. The zero-order chi connectivity index (χ0) is 19.2. The highest BCUT2D eigenvalue weighted by molar-refractivity contribution is 5.88. The number of carbonyl (C=O) groups excluding carboxylic acids is 1. The van der Waals surface area contributed by atoms with Gasteiger partial charge in [0.15, 0.2) is 5.84 Å². The molecule has 4 N–H and O–H groups in total. The number of nitrogens with two attached hydrogens (primary N) is 1. The average Bonchev–Trinajstić information content (AvgIpc) is 3.00. The number of fused-ring (bicyclic) bond motifs is 1. The van der Waals surface area contributed by atoms with Gasteiger partial charge in [-0.15, -0.1) is 0 Å². The molecule has 0 saturated carbocycles. The van der Waals surface area contributed by atoms with Crippen molar-refractivity contribution in [1.29, 1.82) is 0 Å². The molecule has 144 valence electrons. The van der Waals surface area contributed by atoms with E-state index in [4.69, 9.17) is 25.2 Å². The molecule has 1 aromatic carbocycles. The van der Waals surface area contributed by atoms with Crippen LogP contribution in [0.3, 0.4) is 0 Å². The van der Waals surface area contributed by atoms with Crippen LogP contribution in [0.1, 0.15) is 31.9 Å². The van der Waals surface area contributed by atoms with Crippen molar-refractivity contribution in [2.45, 2.75) is 45.3 Å². The molecule has 8 nitrogen and oxygen atoms in total. The Hall–Kier alpha value is -2.48. The van der Waals surface area contributed by atoms with Gasteiger partial charge in [0.25, 0.3) is 0 Å². The number of amides is 1. The number of alkyl carbamates (subject to hydrolysis) is 1. The molecule has 1 atom stereocenters. The number of nitrogens with one attached hydrogen (secondary N) is 1. The Balaban J connectivity index is 2.11. The lowest BCUT2D eigenvalue weighted by Crippen LogP contribution is -2.47. The molecular weight excluding hydrogens is 338 g/mol. The molecule has 0 fully saturated rings. The van der Waals surface area contributed by atoms with Gasteiger partial charge in [0.05, 0.1) is 19.3 Å². The lowest BCUT2D eigenvalue weighted by Gasteiger charge is -2.23. The summed E-state index contributed by atoms with van der Waals surface area (Å²) in [4.78, 5) is 17.1. The van der Waals surface area contributed by atoms with E-state index in [9.17, 15) is 4.79 Å². The largest absolute Gasteiger partial charge is 0.493 e. The molecule has 1 aromatic rings. The molecule has 26 heavy (non-hydrogen) atoms. The van der Waals surface area contributed by atoms with E-state index in [2.05, 4.69) is 10.5 Å². The molecule has 0 saturated heterocycles. The number of carbonyl (C=O) groups is 1. The molecule has 1 heterocycles. The number of oxime groups is 1. The molecular formula is C18H27N3O5. The fourth-order valence-corrected chi connectivity index (χ4v) is 2.51. The summed E-state index contributed by atoms with van der Waals surface area (Å²) >= 11 is 0. The summed E-state index contributed by atoms with van der Waals surface area (Å²) in [5.41, 5.74) is 7.47. The number of amidine groups is 1. The van der Waals surface area contributed by atoms with Crippen LogP contribution in [-0.4, -0.2) is 48.5 Å².